The fourth-order valence-electron chi connectivity index (χ4n) is 7.67. The first-order valence-corrected chi connectivity index (χ1v) is 19.2. The van der Waals surface area contributed by atoms with E-state index in [2.05, 4.69) is 30.2 Å². The lowest BCUT2D eigenvalue weighted by atomic mass is 9.73. The van der Waals surface area contributed by atoms with Crippen LogP contribution in [0, 0.1) is 17.6 Å². The van der Waals surface area contributed by atoms with Gasteiger partial charge in [-0.3, -0.25) is 18.9 Å². The van der Waals surface area contributed by atoms with Gasteiger partial charge in [0, 0.05) is 41.1 Å². The molecule has 21 heteroatoms. The minimum atomic E-state index is -5.08. The van der Waals surface area contributed by atoms with Gasteiger partial charge in [-0.05, 0) is 55.0 Å². The lowest BCUT2D eigenvalue weighted by Crippen LogP contribution is -2.36. The van der Waals surface area contributed by atoms with Gasteiger partial charge in [0.25, 0.3) is 11.1 Å². The Bertz CT molecular complexity index is 2650. The molecule has 1 amide bonds. The maximum absolute atomic E-state index is 15.6. The fourth-order valence-corrected chi connectivity index (χ4v) is 8.86. The highest BCUT2D eigenvalue weighted by atomic mass is 32.2. The molecule has 12 nitrogen and oxygen atoms in total. The number of nitrogens with one attached hydrogen (secondary N) is 2. The Morgan fingerprint density at radius 3 is 2.45 bits per heavy atom. The first kappa shape index (κ1) is 36.7. The fraction of sp³-hybridized carbons (Fsp3) is 0.324. The van der Waals surface area contributed by atoms with Crippen molar-refractivity contribution in [1.29, 1.82) is 0 Å². The van der Waals surface area contributed by atoms with Crippen molar-refractivity contribution in [2.24, 2.45) is 13.0 Å². The summed E-state index contributed by atoms with van der Waals surface area (Å²) in [6.45, 7) is -1.08. The standard InChI is InChI=1S/C34H27F7N8O4S2/c1-48-27-17(4-3-5-19(27)30(46-48)47-55(2,52)53)20-12-23-31(44-32(51)54-23)43-26(20)22(10-14-8-15(35)11-16(36)9-14)42-24(50)13-49-29-25(28(45-49)34(39,40)41)18-6-7-21(18)33(29,37)38/h3-5,8-9,11-12,18,21-22H,6-7,10,13H2,1-2H3,(H,42,50)(H,46,47)(H,43,44,51)/t18-,21+,22-/m0/s1. The maximum atomic E-state index is 15.6. The average Bonchev–Trinajstić information content (AvgIpc) is 3.73. The predicted octanol–water partition coefficient (Wildman–Crippen LogP) is 6.51. The molecule has 0 saturated heterocycles. The van der Waals surface area contributed by atoms with Crippen LogP contribution in [0.15, 0.2) is 42.5 Å². The van der Waals surface area contributed by atoms with E-state index in [0.29, 0.717) is 31.9 Å². The van der Waals surface area contributed by atoms with Crippen molar-refractivity contribution in [2.75, 3.05) is 11.0 Å². The highest BCUT2D eigenvalue weighted by Crippen LogP contribution is 2.64. The molecule has 4 heterocycles. The Balaban J connectivity index is 1.27. The van der Waals surface area contributed by atoms with Crippen LogP contribution in [0.2, 0.25) is 0 Å². The molecule has 0 spiro atoms. The number of fused-ring (bicyclic) bond motifs is 5. The smallest absolute Gasteiger partial charge is 0.435 e. The summed E-state index contributed by atoms with van der Waals surface area (Å²) in [5.41, 5.74) is -2.10. The molecule has 3 N–H and O–H groups in total. The molecule has 0 bridgehead atoms. The molecule has 288 valence electrons. The number of amides is 1. The summed E-state index contributed by atoms with van der Waals surface area (Å²) in [6, 6.07) is 7.63. The number of pyridine rings is 1. The molecule has 0 unspecified atom stereocenters. The number of carbonyl (C=O) groups is 1. The maximum Gasteiger partial charge on any atom is 0.435 e. The normalized spacial score (nSPS) is 18.3. The van der Waals surface area contributed by atoms with E-state index in [0.717, 1.165) is 29.7 Å². The van der Waals surface area contributed by atoms with Crippen LogP contribution in [0.3, 0.4) is 0 Å². The van der Waals surface area contributed by atoms with Gasteiger partial charge >= 0.3 is 6.18 Å². The number of rotatable bonds is 9. The van der Waals surface area contributed by atoms with Crippen LogP contribution in [-0.2, 0) is 46.9 Å². The van der Waals surface area contributed by atoms with Crippen molar-refractivity contribution in [1.82, 2.24) is 34.8 Å². The third-order valence-corrected chi connectivity index (χ3v) is 11.2. The van der Waals surface area contributed by atoms with Crippen LogP contribution >= 0.6 is 11.3 Å². The van der Waals surface area contributed by atoms with Crippen LogP contribution in [0.5, 0.6) is 5.19 Å². The second-order valence-corrected chi connectivity index (χ2v) is 16.3. The van der Waals surface area contributed by atoms with E-state index in [4.69, 9.17) is 0 Å². The third kappa shape index (κ3) is 6.41. The molecular formula is C34H27F7N8O4S2. The van der Waals surface area contributed by atoms with Crippen LogP contribution < -0.4 is 10.0 Å². The molecule has 8 rings (SSSR count). The number of halogens is 7. The van der Waals surface area contributed by atoms with E-state index in [1.807, 2.05) is 0 Å². The van der Waals surface area contributed by atoms with Crippen molar-refractivity contribution >= 4 is 54.3 Å². The van der Waals surface area contributed by atoms with Gasteiger partial charge in [-0.1, -0.05) is 23.5 Å². The summed E-state index contributed by atoms with van der Waals surface area (Å²) in [7, 11) is -2.24. The SMILES string of the molecule is Cn1nc(NS(C)(=O)=O)c2cccc(-c3cc4sc(O)nc4nc3[C@H](Cc3cc(F)cc(F)c3)NC(=O)Cn3nc(C(F)(F)F)c4c3C(F)(F)[C@@H]3CC[C@H]43)c21. The molecule has 2 aliphatic rings. The average molecular weight is 809 g/mol. The first-order chi connectivity index (χ1) is 25.8. The summed E-state index contributed by atoms with van der Waals surface area (Å²) >= 11 is 0.855. The number of para-hydroxylation sites is 1. The van der Waals surface area contributed by atoms with Gasteiger partial charge in [0.1, 0.15) is 23.9 Å². The van der Waals surface area contributed by atoms with Gasteiger partial charge in [0.15, 0.2) is 17.2 Å². The van der Waals surface area contributed by atoms with Gasteiger partial charge in [0.2, 0.25) is 15.9 Å². The van der Waals surface area contributed by atoms with Crippen molar-refractivity contribution in [2.45, 2.75) is 49.9 Å². The Labute approximate surface area is 310 Å². The van der Waals surface area contributed by atoms with Crippen LogP contribution in [-0.4, -0.2) is 55.2 Å². The summed E-state index contributed by atoms with van der Waals surface area (Å²) in [4.78, 5) is 22.5. The number of nitrogens with zero attached hydrogens (tertiary/aromatic N) is 6. The van der Waals surface area contributed by atoms with E-state index in [-0.39, 0.29) is 52.7 Å². The van der Waals surface area contributed by atoms with Gasteiger partial charge in [0.05, 0.1) is 28.2 Å². The van der Waals surface area contributed by atoms with E-state index >= 15 is 8.78 Å². The number of hydrogen-bond donors (Lipinski definition) is 3. The summed E-state index contributed by atoms with van der Waals surface area (Å²) in [5, 5.41) is 20.7. The monoisotopic (exact) mass is 808 g/mol. The number of aromatic hydroxyl groups is 1. The van der Waals surface area contributed by atoms with Crippen LogP contribution in [0.25, 0.3) is 32.4 Å². The van der Waals surface area contributed by atoms with Gasteiger partial charge in [-0.25, -0.2) is 22.2 Å². The Hall–Kier alpha value is -5.31. The van der Waals surface area contributed by atoms with Crippen LogP contribution in [0.1, 0.15) is 53.0 Å². The molecular weight excluding hydrogens is 782 g/mol. The van der Waals surface area contributed by atoms with Gasteiger partial charge in [-0.15, -0.1) is 0 Å². The molecule has 1 saturated carbocycles. The minimum Gasteiger partial charge on any atom is -0.486 e. The number of carbonyl (C=O) groups excluding carboxylic acids is 1. The molecule has 6 aromatic rings. The van der Waals surface area contributed by atoms with E-state index < -0.39 is 81.0 Å². The highest BCUT2D eigenvalue weighted by molar-refractivity contribution is 7.92. The molecule has 2 aliphatic carbocycles. The largest absolute Gasteiger partial charge is 0.486 e. The minimum absolute atomic E-state index is 0.000432. The Kier molecular flexibility index (Phi) is 8.41. The zero-order chi connectivity index (χ0) is 39.4. The number of benzene rings is 2. The number of aromatic nitrogens is 6. The number of anilines is 1. The Morgan fingerprint density at radius 1 is 1.07 bits per heavy atom. The summed E-state index contributed by atoms with van der Waals surface area (Å²) < 4.78 is 131. The zero-order valence-electron chi connectivity index (χ0n) is 28.4. The number of sulfonamides is 1. The van der Waals surface area contributed by atoms with E-state index in [1.165, 1.54) is 11.7 Å². The van der Waals surface area contributed by atoms with Crippen molar-refractivity contribution < 1.29 is 49.1 Å². The zero-order valence-corrected chi connectivity index (χ0v) is 30.1. The van der Waals surface area contributed by atoms with Crippen molar-refractivity contribution in [3.8, 4) is 16.3 Å². The molecule has 0 aliphatic heterocycles. The number of thiazole rings is 1. The molecule has 2 aromatic carbocycles. The van der Waals surface area contributed by atoms with Gasteiger partial charge < -0.3 is 10.4 Å². The van der Waals surface area contributed by atoms with Crippen molar-refractivity contribution in [3.05, 3.63) is 82.3 Å². The molecule has 3 atom stereocenters. The lowest BCUT2D eigenvalue weighted by Gasteiger charge is -2.34. The molecule has 0 radical (unpaired) electrons. The first-order valence-electron chi connectivity index (χ1n) is 16.5. The quantitative estimate of drug-likeness (QED) is 0.140. The van der Waals surface area contributed by atoms with Gasteiger partial charge in [-0.2, -0.15) is 37.1 Å². The summed E-state index contributed by atoms with van der Waals surface area (Å²) in [6.07, 6.45) is -4.40. The van der Waals surface area contributed by atoms with Crippen LogP contribution in [0.4, 0.5) is 36.6 Å². The number of alkyl halides is 5. The van der Waals surface area contributed by atoms with E-state index in [9.17, 15) is 40.3 Å². The topological polar surface area (TPSA) is 157 Å². The molecule has 4 aromatic heterocycles. The Morgan fingerprint density at radius 2 is 1.80 bits per heavy atom. The summed E-state index contributed by atoms with van der Waals surface area (Å²) in [5.74, 6) is -9.12. The second kappa shape index (κ2) is 12.6. The van der Waals surface area contributed by atoms with E-state index in [1.54, 1.807) is 24.3 Å². The third-order valence-electron chi connectivity index (χ3n) is 9.84. The van der Waals surface area contributed by atoms with Crippen molar-refractivity contribution in [3.63, 3.8) is 0 Å². The second-order valence-electron chi connectivity index (χ2n) is 13.6. The number of hydrogen-bond acceptors (Lipinski definition) is 9. The molecule has 55 heavy (non-hydrogen) atoms. The lowest BCUT2D eigenvalue weighted by molar-refractivity contribution is -0.144. The number of aryl methyl sites for hydroxylation is 1. The predicted molar refractivity (Wildman–Crippen MR) is 185 cm³/mol. The highest BCUT2D eigenvalue weighted by Gasteiger charge is 2.63. The molecule has 1 fully saturated rings.